The zero-order valence-electron chi connectivity index (χ0n) is 12.9. The van der Waals surface area contributed by atoms with E-state index in [1.165, 1.54) is 7.11 Å². The topological polar surface area (TPSA) is 89.5 Å². The molecule has 1 aliphatic carbocycles. The number of carbonyl (C=O) groups excluding carboxylic acids is 2. The second-order valence-corrected chi connectivity index (χ2v) is 7.39. The van der Waals surface area contributed by atoms with Crippen LogP contribution in [-0.2, 0) is 19.4 Å². The minimum absolute atomic E-state index is 0.124. The summed E-state index contributed by atoms with van der Waals surface area (Å²) in [6.07, 6.45) is 2.02. The Kier molecular flexibility index (Phi) is 5.53. The zero-order valence-corrected chi connectivity index (χ0v) is 13.7. The van der Waals surface area contributed by atoms with Gasteiger partial charge in [-0.25, -0.2) is 8.42 Å². The summed E-state index contributed by atoms with van der Waals surface area (Å²) in [6, 6.07) is 3.87. The van der Waals surface area contributed by atoms with Crippen LogP contribution in [0, 0.1) is 5.92 Å². The summed E-state index contributed by atoms with van der Waals surface area (Å²) in [5, 5.41) is 2.70. The highest BCUT2D eigenvalue weighted by atomic mass is 32.2. The number of benzene rings is 1. The predicted octanol–water partition coefficient (Wildman–Crippen LogP) is 1.75. The number of amides is 1. The van der Waals surface area contributed by atoms with Gasteiger partial charge in [-0.3, -0.25) is 9.59 Å². The Bertz CT molecular complexity index is 718. The van der Waals surface area contributed by atoms with Crippen molar-refractivity contribution < 1.29 is 31.5 Å². The zero-order chi connectivity index (χ0) is 17.9. The third kappa shape index (κ3) is 3.72. The van der Waals surface area contributed by atoms with Crippen molar-refractivity contribution in [3.05, 3.63) is 29.8 Å². The van der Waals surface area contributed by atoms with E-state index in [0.717, 1.165) is 30.7 Å². The largest absolute Gasteiger partial charge is 0.469 e. The first-order chi connectivity index (χ1) is 11.3. The first kappa shape index (κ1) is 18.3. The maximum atomic E-state index is 12.5. The first-order valence-electron chi connectivity index (χ1n) is 7.28. The molecule has 0 aromatic heterocycles. The molecule has 6 nitrogen and oxygen atoms in total. The molecular weight excluding hydrogens is 344 g/mol. The lowest BCUT2D eigenvalue weighted by molar-refractivity contribution is -0.145. The Morgan fingerprint density at radius 2 is 1.83 bits per heavy atom. The minimum Gasteiger partial charge on any atom is -0.469 e. The van der Waals surface area contributed by atoms with Gasteiger partial charge in [-0.15, -0.1) is 0 Å². The summed E-state index contributed by atoms with van der Waals surface area (Å²) in [5.41, 5.74) is 0.124. The third-order valence-electron chi connectivity index (χ3n) is 4.02. The summed E-state index contributed by atoms with van der Waals surface area (Å²) < 4.78 is 52.3. The van der Waals surface area contributed by atoms with Crippen LogP contribution in [0.15, 0.2) is 29.2 Å². The van der Waals surface area contributed by atoms with Gasteiger partial charge in [0.1, 0.15) is 0 Å². The van der Waals surface area contributed by atoms with Crippen molar-refractivity contribution >= 4 is 21.7 Å². The molecule has 1 aliphatic rings. The van der Waals surface area contributed by atoms with Crippen molar-refractivity contribution in [1.82, 2.24) is 5.32 Å². The molecule has 0 radical (unpaired) electrons. The van der Waals surface area contributed by atoms with Crippen molar-refractivity contribution in [1.29, 1.82) is 0 Å². The Morgan fingerprint density at radius 1 is 1.21 bits per heavy atom. The van der Waals surface area contributed by atoms with Gasteiger partial charge in [-0.05, 0) is 37.1 Å². The van der Waals surface area contributed by atoms with Gasteiger partial charge in [0.2, 0.25) is 9.84 Å². The number of rotatable bonds is 5. The molecule has 1 saturated carbocycles. The summed E-state index contributed by atoms with van der Waals surface area (Å²) in [5.74, 6) is -4.83. The monoisotopic (exact) mass is 361 g/mol. The lowest BCUT2D eigenvalue weighted by Crippen LogP contribution is -2.40. The van der Waals surface area contributed by atoms with Gasteiger partial charge in [0.05, 0.1) is 17.9 Å². The van der Waals surface area contributed by atoms with Crippen LogP contribution in [0.4, 0.5) is 8.78 Å². The molecular formula is C15H17F2NO5S. The van der Waals surface area contributed by atoms with Crippen molar-refractivity contribution in [3.8, 4) is 0 Å². The van der Waals surface area contributed by atoms with Gasteiger partial charge in [0, 0.05) is 11.6 Å². The van der Waals surface area contributed by atoms with Crippen LogP contribution in [0.2, 0.25) is 0 Å². The molecule has 1 N–H and O–H groups in total. The van der Waals surface area contributed by atoms with Gasteiger partial charge in [-0.2, -0.15) is 8.78 Å². The molecule has 132 valence electrons. The van der Waals surface area contributed by atoms with E-state index >= 15 is 0 Å². The number of methoxy groups -OCH3 is 1. The third-order valence-corrected chi connectivity index (χ3v) is 5.41. The molecule has 0 unspecified atom stereocenters. The molecule has 0 saturated heterocycles. The fourth-order valence-electron chi connectivity index (χ4n) is 2.72. The van der Waals surface area contributed by atoms with Crippen molar-refractivity contribution in [2.24, 2.45) is 5.92 Å². The highest BCUT2D eigenvalue weighted by molar-refractivity contribution is 7.91. The summed E-state index contributed by atoms with van der Waals surface area (Å²) >= 11 is 0. The van der Waals surface area contributed by atoms with Gasteiger partial charge in [0.15, 0.2) is 0 Å². The highest BCUT2D eigenvalue weighted by Gasteiger charge is 2.35. The standard InChI is InChI=1S/C15H17F2NO5S/c1-23-14(20)11-3-2-4-12(11)18-13(19)9-5-7-10(8-6-9)24(21,22)15(16)17/h5-8,11-12,15H,2-4H2,1H3,(H,18,19)/t11-,12+/m0/s1. The molecule has 1 amide bonds. The molecule has 1 aromatic rings. The number of hydrogen-bond donors (Lipinski definition) is 1. The first-order valence-corrected chi connectivity index (χ1v) is 8.83. The summed E-state index contributed by atoms with van der Waals surface area (Å²) in [6.45, 7) is 0. The highest BCUT2D eigenvalue weighted by Crippen LogP contribution is 2.27. The summed E-state index contributed by atoms with van der Waals surface area (Å²) in [7, 11) is -3.41. The van der Waals surface area contributed by atoms with E-state index in [2.05, 4.69) is 5.32 Å². The van der Waals surface area contributed by atoms with Crippen molar-refractivity contribution in [2.45, 2.75) is 36.0 Å². The Hall–Kier alpha value is -2.03. The SMILES string of the molecule is COC(=O)[C@H]1CCC[C@H]1NC(=O)c1ccc(S(=O)(=O)C(F)F)cc1. The Balaban J connectivity index is 2.09. The normalized spacial score (nSPS) is 20.8. The van der Waals surface area contributed by atoms with Crippen LogP contribution in [-0.4, -0.2) is 39.2 Å². The number of nitrogens with one attached hydrogen (secondary N) is 1. The predicted molar refractivity (Wildman–Crippen MR) is 80.2 cm³/mol. The van der Waals surface area contributed by atoms with Gasteiger partial charge < -0.3 is 10.1 Å². The quantitative estimate of drug-likeness (QED) is 0.807. The average molecular weight is 361 g/mol. The van der Waals surface area contributed by atoms with E-state index in [4.69, 9.17) is 4.74 Å². The average Bonchev–Trinajstić information content (AvgIpc) is 3.02. The van der Waals surface area contributed by atoms with Crippen LogP contribution >= 0.6 is 0 Å². The molecule has 0 bridgehead atoms. The van der Waals surface area contributed by atoms with Crippen molar-refractivity contribution in [3.63, 3.8) is 0 Å². The van der Waals surface area contributed by atoms with Crippen LogP contribution in [0.25, 0.3) is 0 Å². The molecule has 2 rings (SSSR count). The number of carbonyl (C=O) groups is 2. The van der Waals surface area contributed by atoms with Crippen molar-refractivity contribution in [2.75, 3.05) is 7.11 Å². The van der Waals surface area contributed by atoms with E-state index in [1.807, 2.05) is 0 Å². The van der Waals surface area contributed by atoms with Crippen LogP contribution in [0.1, 0.15) is 29.6 Å². The van der Waals surface area contributed by atoms with Gasteiger partial charge in [-0.1, -0.05) is 6.42 Å². The number of alkyl halides is 2. The molecule has 1 aromatic carbocycles. The van der Waals surface area contributed by atoms with Crippen LogP contribution < -0.4 is 5.32 Å². The number of esters is 1. The lowest BCUT2D eigenvalue weighted by Gasteiger charge is -2.19. The molecule has 0 aliphatic heterocycles. The summed E-state index contributed by atoms with van der Waals surface area (Å²) in [4.78, 5) is 23.3. The number of sulfone groups is 1. The Morgan fingerprint density at radius 3 is 2.38 bits per heavy atom. The second kappa shape index (κ2) is 7.25. The maximum absolute atomic E-state index is 12.5. The van der Waals surface area contributed by atoms with Crippen LogP contribution in [0.5, 0.6) is 0 Å². The molecule has 0 heterocycles. The fourth-order valence-corrected chi connectivity index (χ4v) is 3.44. The Labute approximate surface area is 138 Å². The smallest absolute Gasteiger partial charge is 0.341 e. The molecule has 0 spiro atoms. The molecule has 9 heteroatoms. The van der Waals surface area contributed by atoms with E-state index in [0.29, 0.717) is 12.8 Å². The number of ether oxygens (including phenoxy) is 1. The van der Waals surface area contributed by atoms with Crippen LogP contribution in [0.3, 0.4) is 0 Å². The maximum Gasteiger partial charge on any atom is 0.341 e. The number of halogens is 2. The molecule has 24 heavy (non-hydrogen) atoms. The number of hydrogen-bond acceptors (Lipinski definition) is 5. The second-order valence-electron chi connectivity index (χ2n) is 5.47. The minimum atomic E-state index is -4.69. The van der Waals surface area contributed by atoms with E-state index in [9.17, 15) is 26.8 Å². The molecule has 1 fully saturated rings. The lowest BCUT2D eigenvalue weighted by atomic mass is 10.0. The van der Waals surface area contributed by atoms with E-state index in [-0.39, 0.29) is 11.6 Å². The molecule has 2 atom stereocenters. The van der Waals surface area contributed by atoms with Gasteiger partial charge >= 0.3 is 11.7 Å². The van der Waals surface area contributed by atoms with E-state index < -0.39 is 38.3 Å². The fraction of sp³-hybridized carbons (Fsp3) is 0.467. The van der Waals surface area contributed by atoms with E-state index in [1.54, 1.807) is 0 Å². The van der Waals surface area contributed by atoms with Gasteiger partial charge in [0.25, 0.3) is 5.91 Å².